The molecule has 0 amide bonds. The number of carboxylic acids is 1. The molecule has 0 radical (unpaired) electrons. The van der Waals surface area contributed by atoms with Crippen molar-refractivity contribution in [2.24, 2.45) is 0 Å². The second-order valence-corrected chi connectivity index (χ2v) is 4.16. The molecule has 6 nitrogen and oxygen atoms in total. The quantitative estimate of drug-likeness (QED) is 0.780. The first-order chi connectivity index (χ1) is 7.94. The van der Waals surface area contributed by atoms with Crippen LogP contribution >= 0.6 is 0 Å². The lowest BCUT2D eigenvalue weighted by Gasteiger charge is -2.24. The molecule has 1 aromatic rings. The van der Waals surface area contributed by atoms with Crippen molar-refractivity contribution in [3.8, 4) is 0 Å². The molecule has 0 aliphatic rings. The Hall–Kier alpha value is -1.69. The molecule has 0 spiro atoms. The molecule has 1 aromatic heterocycles. The Bertz CT molecular complexity index is 376. The first-order valence-electron chi connectivity index (χ1n) is 5.39. The monoisotopic (exact) mass is 239 g/mol. The van der Waals surface area contributed by atoms with E-state index in [2.05, 4.69) is 15.5 Å². The molecular formula is C11H17N3O3. The van der Waals surface area contributed by atoms with E-state index in [-0.39, 0.29) is 11.3 Å². The largest absolute Gasteiger partial charge is 0.476 e. The topological polar surface area (TPSA) is 84.3 Å². The van der Waals surface area contributed by atoms with Gasteiger partial charge in [-0.25, -0.2) is 4.79 Å². The normalized spacial score (nSPS) is 11.2. The van der Waals surface area contributed by atoms with Gasteiger partial charge in [-0.2, -0.15) is 0 Å². The van der Waals surface area contributed by atoms with Gasteiger partial charge in [-0.05, 0) is 32.9 Å². The SMILES string of the molecule is CCOC(C)(C)CNc1ccc(C(=O)O)nn1. The molecule has 94 valence electrons. The van der Waals surface area contributed by atoms with Crippen LogP contribution in [-0.2, 0) is 4.74 Å². The Morgan fingerprint density at radius 2 is 2.18 bits per heavy atom. The highest BCUT2D eigenvalue weighted by Crippen LogP contribution is 2.10. The van der Waals surface area contributed by atoms with Gasteiger partial charge in [0.25, 0.3) is 0 Å². The average Bonchev–Trinajstić information content (AvgIpc) is 2.27. The van der Waals surface area contributed by atoms with E-state index in [1.807, 2.05) is 20.8 Å². The van der Waals surface area contributed by atoms with Crippen molar-refractivity contribution in [3.05, 3.63) is 17.8 Å². The van der Waals surface area contributed by atoms with E-state index in [1.54, 1.807) is 6.07 Å². The molecule has 0 aliphatic carbocycles. The van der Waals surface area contributed by atoms with E-state index < -0.39 is 5.97 Å². The summed E-state index contributed by atoms with van der Waals surface area (Å²) >= 11 is 0. The summed E-state index contributed by atoms with van der Waals surface area (Å²) in [5.74, 6) is -0.554. The Kier molecular flexibility index (Phi) is 4.39. The number of hydrogen-bond acceptors (Lipinski definition) is 5. The lowest BCUT2D eigenvalue weighted by atomic mass is 10.1. The molecule has 0 fully saturated rings. The molecule has 0 aliphatic heterocycles. The summed E-state index contributed by atoms with van der Waals surface area (Å²) in [4.78, 5) is 10.6. The van der Waals surface area contributed by atoms with E-state index in [1.165, 1.54) is 6.07 Å². The van der Waals surface area contributed by atoms with Crippen molar-refractivity contribution in [2.45, 2.75) is 26.4 Å². The lowest BCUT2D eigenvalue weighted by molar-refractivity contribution is 0.000622. The predicted molar refractivity (Wildman–Crippen MR) is 63.2 cm³/mol. The minimum Gasteiger partial charge on any atom is -0.476 e. The Morgan fingerprint density at radius 3 is 2.65 bits per heavy atom. The Labute approximate surface area is 100 Å². The van der Waals surface area contributed by atoms with Crippen LogP contribution in [0.2, 0.25) is 0 Å². The zero-order valence-corrected chi connectivity index (χ0v) is 10.2. The second-order valence-electron chi connectivity index (χ2n) is 4.16. The van der Waals surface area contributed by atoms with Crippen LogP contribution in [0.3, 0.4) is 0 Å². The molecular weight excluding hydrogens is 222 g/mol. The minimum atomic E-state index is -1.08. The number of anilines is 1. The van der Waals surface area contributed by atoms with Gasteiger partial charge in [-0.3, -0.25) is 0 Å². The van der Waals surface area contributed by atoms with Gasteiger partial charge in [0.15, 0.2) is 5.69 Å². The number of aromatic nitrogens is 2. The standard InChI is InChI=1S/C11H17N3O3/c1-4-17-11(2,3)7-12-9-6-5-8(10(15)16)13-14-9/h5-6H,4,7H2,1-3H3,(H,12,14)(H,15,16). The van der Waals surface area contributed by atoms with Crippen molar-refractivity contribution >= 4 is 11.8 Å². The van der Waals surface area contributed by atoms with Crippen molar-refractivity contribution in [1.82, 2.24) is 10.2 Å². The predicted octanol–water partition coefficient (Wildman–Crippen LogP) is 1.40. The van der Waals surface area contributed by atoms with Crippen LogP contribution < -0.4 is 5.32 Å². The maximum atomic E-state index is 10.6. The molecule has 6 heteroatoms. The summed E-state index contributed by atoms with van der Waals surface area (Å²) in [6.07, 6.45) is 0. The van der Waals surface area contributed by atoms with Crippen LogP contribution in [0.5, 0.6) is 0 Å². The molecule has 0 saturated carbocycles. The van der Waals surface area contributed by atoms with E-state index in [9.17, 15) is 4.79 Å². The zero-order valence-electron chi connectivity index (χ0n) is 10.2. The van der Waals surface area contributed by atoms with E-state index in [0.717, 1.165) is 0 Å². The van der Waals surface area contributed by atoms with Gasteiger partial charge in [0.2, 0.25) is 0 Å². The molecule has 0 atom stereocenters. The summed E-state index contributed by atoms with van der Waals surface area (Å²) in [6.45, 7) is 7.06. The summed E-state index contributed by atoms with van der Waals surface area (Å²) < 4.78 is 5.51. The molecule has 17 heavy (non-hydrogen) atoms. The van der Waals surface area contributed by atoms with Crippen molar-refractivity contribution in [1.29, 1.82) is 0 Å². The van der Waals surface area contributed by atoms with Crippen LogP contribution in [0.15, 0.2) is 12.1 Å². The summed E-state index contributed by atoms with van der Waals surface area (Å²) in [5.41, 5.74) is -0.373. The number of nitrogens with one attached hydrogen (secondary N) is 1. The molecule has 0 unspecified atom stereocenters. The number of ether oxygens (including phenoxy) is 1. The van der Waals surface area contributed by atoms with Gasteiger partial charge in [0.05, 0.1) is 5.60 Å². The highest BCUT2D eigenvalue weighted by Gasteiger charge is 2.17. The fraction of sp³-hybridized carbons (Fsp3) is 0.545. The van der Waals surface area contributed by atoms with Gasteiger partial charge in [0.1, 0.15) is 5.82 Å². The van der Waals surface area contributed by atoms with Crippen LogP contribution in [0, 0.1) is 0 Å². The van der Waals surface area contributed by atoms with Crippen molar-refractivity contribution in [3.63, 3.8) is 0 Å². The number of carbonyl (C=O) groups is 1. The maximum Gasteiger partial charge on any atom is 0.356 e. The fourth-order valence-electron chi connectivity index (χ4n) is 1.29. The van der Waals surface area contributed by atoms with Crippen LogP contribution in [0.25, 0.3) is 0 Å². The summed E-state index contributed by atoms with van der Waals surface area (Å²) in [7, 11) is 0. The van der Waals surface area contributed by atoms with Crippen molar-refractivity contribution < 1.29 is 14.6 Å². The van der Waals surface area contributed by atoms with Gasteiger partial charge in [0, 0.05) is 13.2 Å². The van der Waals surface area contributed by atoms with Gasteiger partial charge in [-0.15, -0.1) is 10.2 Å². The Morgan fingerprint density at radius 1 is 1.47 bits per heavy atom. The average molecular weight is 239 g/mol. The number of hydrogen-bond donors (Lipinski definition) is 2. The van der Waals surface area contributed by atoms with E-state index in [0.29, 0.717) is 19.0 Å². The van der Waals surface area contributed by atoms with E-state index in [4.69, 9.17) is 9.84 Å². The number of nitrogens with zero attached hydrogens (tertiary/aromatic N) is 2. The van der Waals surface area contributed by atoms with Crippen LogP contribution in [0.4, 0.5) is 5.82 Å². The fourth-order valence-corrected chi connectivity index (χ4v) is 1.29. The molecule has 0 saturated heterocycles. The third kappa shape index (κ3) is 4.36. The van der Waals surface area contributed by atoms with Crippen LogP contribution in [-0.4, -0.2) is 40.0 Å². The third-order valence-corrected chi connectivity index (χ3v) is 2.11. The zero-order chi connectivity index (χ0) is 12.9. The first-order valence-corrected chi connectivity index (χ1v) is 5.39. The third-order valence-electron chi connectivity index (χ3n) is 2.11. The number of aromatic carboxylic acids is 1. The highest BCUT2D eigenvalue weighted by atomic mass is 16.5. The molecule has 0 aromatic carbocycles. The number of carboxylic acid groups (broad SMARTS) is 1. The number of rotatable bonds is 6. The summed E-state index contributed by atoms with van der Waals surface area (Å²) in [6, 6.07) is 2.99. The Balaban J connectivity index is 2.55. The van der Waals surface area contributed by atoms with Crippen LogP contribution in [0.1, 0.15) is 31.3 Å². The molecule has 1 heterocycles. The lowest BCUT2D eigenvalue weighted by Crippen LogP contribution is -2.33. The molecule has 1 rings (SSSR count). The molecule has 0 bridgehead atoms. The van der Waals surface area contributed by atoms with Crippen molar-refractivity contribution in [2.75, 3.05) is 18.5 Å². The van der Waals surface area contributed by atoms with Gasteiger partial charge < -0.3 is 15.2 Å². The highest BCUT2D eigenvalue weighted by molar-refractivity contribution is 5.85. The maximum absolute atomic E-state index is 10.6. The second kappa shape index (κ2) is 5.58. The smallest absolute Gasteiger partial charge is 0.356 e. The van der Waals surface area contributed by atoms with Gasteiger partial charge in [-0.1, -0.05) is 0 Å². The summed E-state index contributed by atoms with van der Waals surface area (Å²) in [5, 5.41) is 19.0. The van der Waals surface area contributed by atoms with Gasteiger partial charge >= 0.3 is 5.97 Å². The first kappa shape index (κ1) is 13.4. The van der Waals surface area contributed by atoms with E-state index >= 15 is 0 Å². The molecule has 2 N–H and O–H groups in total. The minimum absolute atomic E-state index is 0.0698.